The van der Waals surface area contributed by atoms with Gasteiger partial charge >= 0.3 is 0 Å². The van der Waals surface area contributed by atoms with Crippen molar-refractivity contribution in [2.75, 3.05) is 12.4 Å². The summed E-state index contributed by atoms with van der Waals surface area (Å²) < 4.78 is 5.45. The van der Waals surface area contributed by atoms with E-state index in [4.69, 9.17) is 4.74 Å². The lowest BCUT2D eigenvalue weighted by Gasteiger charge is -2.12. The second-order valence-electron chi connectivity index (χ2n) is 6.18. The lowest BCUT2D eigenvalue weighted by molar-refractivity contribution is 0.417. The van der Waals surface area contributed by atoms with Crippen molar-refractivity contribution in [1.29, 1.82) is 0 Å². The van der Waals surface area contributed by atoms with Gasteiger partial charge in [0.1, 0.15) is 22.7 Å². The van der Waals surface area contributed by atoms with Crippen LogP contribution in [0.4, 0.5) is 11.5 Å². The molecule has 0 unspecified atom stereocenters. The first-order chi connectivity index (χ1) is 12.7. The minimum absolute atomic E-state index is 0.780. The Hall–Kier alpha value is -2.92. The van der Waals surface area contributed by atoms with Gasteiger partial charge in [0.25, 0.3) is 0 Å². The Morgan fingerprint density at radius 2 is 1.85 bits per heavy atom. The van der Waals surface area contributed by atoms with Gasteiger partial charge in [0.2, 0.25) is 0 Å². The standard InChI is InChI=1S/C21H19N3OS/c1-13-8-9-15(10-14(13)2)16-11-26-21-19(16)20(22-12-23-21)24-17-6-4-5-7-18(17)25-3/h4-12H,1-3H3,(H,22,23,24). The van der Waals surface area contributed by atoms with E-state index in [0.29, 0.717) is 0 Å². The highest BCUT2D eigenvalue weighted by Gasteiger charge is 2.15. The number of fused-ring (bicyclic) bond motifs is 1. The highest BCUT2D eigenvalue weighted by atomic mass is 32.1. The van der Waals surface area contributed by atoms with Crippen molar-refractivity contribution in [3.05, 3.63) is 65.3 Å². The van der Waals surface area contributed by atoms with Crippen LogP contribution in [0.1, 0.15) is 11.1 Å². The number of nitrogens with zero attached hydrogens (tertiary/aromatic N) is 2. The number of thiophene rings is 1. The molecule has 0 bridgehead atoms. The molecule has 2 heterocycles. The number of aryl methyl sites for hydroxylation is 2. The average molecular weight is 361 g/mol. The molecule has 4 rings (SSSR count). The molecule has 0 fully saturated rings. The molecule has 0 aliphatic heterocycles. The molecular formula is C21H19N3OS. The summed E-state index contributed by atoms with van der Waals surface area (Å²) in [4.78, 5) is 9.92. The van der Waals surface area contributed by atoms with E-state index in [1.165, 1.54) is 16.7 Å². The topological polar surface area (TPSA) is 47.0 Å². The van der Waals surface area contributed by atoms with Crippen molar-refractivity contribution in [3.8, 4) is 16.9 Å². The van der Waals surface area contributed by atoms with Crippen molar-refractivity contribution in [2.45, 2.75) is 13.8 Å². The lowest BCUT2D eigenvalue weighted by Crippen LogP contribution is -1.98. The third-order valence-electron chi connectivity index (χ3n) is 4.55. The van der Waals surface area contributed by atoms with Crippen LogP contribution in [-0.2, 0) is 0 Å². The Labute approximate surface area is 156 Å². The van der Waals surface area contributed by atoms with E-state index in [1.807, 2.05) is 24.3 Å². The number of hydrogen-bond donors (Lipinski definition) is 1. The molecule has 1 N–H and O–H groups in total. The first-order valence-electron chi connectivity index (χ1n) is 8.37. The van der Waals surface area contributed by atoms with Crippen LogP contribution >= 0.6 is 11.3 Å². The van der Waals surface area contributed by atoms with E-state index < -0.39 is 0 Å². The maximum atomic E-state index is 5.45. The van der Waals surface area contributed by atoms with Crippen molar-refractivity contribution in [2.24, 2.45) is 0 Å². The zero-order valence-corrected chi connectivity index (χ0v) is 15.7. The molecule has 0 atom stereocenters. The fraction of sp³-hybridized carbons (Fsp3) is 0.143. The van der Waals surface area contributed by atoms with Gasteiger partial charge in [0.15, 0.2) is 0 Å². The summed E-state index contributed by atoms with van der Waals surface area (Å²) in [5.41, 5.74) is 5.77. The maximum Gasteiger partial charge on any atom is 0.143 e. The van der Waals surface area contributed by atoms with Gasteiger partial charge < -0.3 is 10.1 Å². The van der Waals surface area contributed by atoms with Crippen LogP contribution in [0.25, 0.3) is 21.3 Å². The summed E-state index contributed by atoms with van der Waals surface area (Å²) in [6.45, 7) is 4.26. The molecular weight excluding hydrogens is 342 g/mol. The Balaban J connectivity index is 1.86. The molecule has 2 aromatic carbocycles. The number of hydrogen-bond acceptors (Lipinski definition) is 5. The van der Waals surface area contributed by atoms with Crippen LogP contribution in [0, 0.1) is 13.8 Å². The third kappa shape index (κ3) is 2.91. The van der Waals surface area contributed by atoms with E-state index in [9.17, 15) is 0 Å². The predicted octanol–water partition coefficient (Wildman–Crippen LogP) is 5.73. The maximum absolute atomic E-state index is 5.45. The Morgan fingerprint density at radius 1 is 1.00 bits per heavy atom. The van der Waals surface area contributed by atoms with Crippen LogP contribution in [-0.4, -0.2) is 17.1 Å². The van der Waals surface area contributed by atoms with Crippen molar-refractivity contribution in [3.63, 3.8) is 0 Å². The number of rotatable bonds is 4. The molecule has 4 nitrogen and oxygen atoms in total. The quantitative estimate of drug-likeness (QED) is 0.504. The lowest BCUT2D eigenvalue weighted by atomic mass is 10.0. The Morgan fingerprint density at radius 3 is 2.65 bits per heavy atom. The van der Waals surface area contributed by atoms with Gasteiger partial charge in [-0.3, -0.25) is 0 Å². The molecule has 0 aliphatic carbocycles. The highest BCUT2D eigenvalue weighted by molar-refractivity contribution is 7.17. The average Bonchev–Trinajstić information content (AvgIpc) is 3.10. The van der Waals surface area contributed by atoms with E-state index >= 15 is 0 Å². The summed E-state index contributed by atoms with van der Waals surface area (Å²) in [6.07, 6.45) is 1.60. The fourth-order valence-corrected chi connectivity index (χ4v) is 3.88. The van der Waals surface area contributed by atoms with Crippen LogP contribution < -0.4 is 10.1 Å². The molecule has 0 aliphatic rings. The van der Waals surface area contributed by atoms with Crippen molar-refractivity contribution < 1.29 is 4.74 Å². The van der Waals surface area contributed by atoms with Crippen LogP contribution in [0.15, 0.2) is 54.2 Å². The summed E-state index contributed by atoms with van der Waals surface area (Å²) in [7, 11) is 1.67. The summed E-state index contributed by atoms with van der Waals surface area (Å²) in [5, 5.41) is 6.60. The normalized spacial score (nSPS) is 10.9. The minimum atomic E-state index is 0.780. The first-order valence-corrected chi connectivity index (χ1v) is 9.25. The number of para-hydroxylation sites is 2. The second-order valence-corrected chi connectivity index (χ2v) is 7.03. The van der Waals surface area contributed by atoms with Crippen LogP contribution in [0.3, 0.4) is 0 Å². The predicted molar refractivity (Wildman–Crippen MR) is 109 cm³/mol. The van der Waals surface area contributed by atoms with Gasteiger partial charge in [-0.15, -0.1) is 11.3 Å². The second kappa shape index (κ2) is 6.77. The Bertz CT molecular complexity index is 1090. The summed E-state index contributed by atoms with van der Waals surface area (Å²) >= 11 is 1.63. The number of methoxy groups -OCH3 is 1. The number of benzene rings is 2. The molecule has 2 aromatic heterocycles. The minimum Gasteiger partial charge on any atom is -0.495 e. The number of nitrogens with one attached hydrogen (secondary N) is 1. The van der Waals surface area contributed by atoms with Crippen molar-refractivity contribution >= 4 is 33.1 Å². The zero-order valence-electron chi connectivity index (χ0n) is 14.9. The highest BCUT2D eigenvalue weighted by Crippen LogP contribution is 2.38. The van der Waals surface area contributed by atoms with E-state index in [0.717, 1.165) is 33.0 Å². The summed E-state index contributed by atoms with van der Waals surface area (Å²) in [6, 6.07) is 14.4. The van der Waals surface area contributed by atoms with Gasteiger partial charge in [-0.1, -0.05) is 30.3 Å². The van der Waals surface area contributed by atoms with Gasteiger partial charge in [0, 0.05) is 10.9 Å². The fourth-order valence-electron chi connectivity index (χ4n) is 2.97. The molecule has 0 amide bonds. The van der Waals surface area contributed by atoms with Gasteiger partial charge in [-0.2, -0.15) is 0 Å². The largest absolute Gasteiger partial charge is 0.495 e. The number of anilines is 2. The SMILES string of the molecule is COc1ccccc1Nc1ncnc2scc(-c3ccc(C)c(C)c3)c12. The molecule has 0 spiro atoms. The molecule has 0 radical (unpaired) electrons. The van der Waals surface area contributed by atoms with E-state index in [-0.39, 0.29) is 0 Å². The molecule has 0 saturated heterocycles. The van der Waals surface area contributed by atoms with Gasteiger partial charge in [0.05, 0.1) is 18.2 Å². The smallest absolute Gasteiger partial charge is 0.143 e. The number of aromatic nitrogens is 2. The molecule has 130 valence electrons. The van der Waals surface area contributed by atoms with E-state index in [1.54, 1.807) is 24.8 Å². The molecule has 4 aromatic rings. The molecule has 5 heteroatoms. The third-order valence-corrected chi connectivity index (χ3v) is 5.43. The van der Waals surface area contributed by atoms with Gasteiger partial charge in [-0.25, -0.2) is 9.97 Å². The van der Waals surface area contributed by atoms with Crippen LogP contribution in [0.2, 0.25) is 0 Å². The van der Waals surface area contributed by atoms with Gasteiger partial charge in [-0.05, 0) is 42.7 Å². The van der Waals surface area contributed by atoms with Crippen LogP contribution in [0.5, 0.6) is 5.75 Å². The first kappa shape index (κ1) is 16.5. The molecule has 0 saturated carbocycles. The van der Waals surface area contributed by atoms with E-state index in [2.05, 4.69) is 52.7 Å². The molecule has 26 heavy (non-hydrogen) atoms. The summed E-state index contributed by atoms with van der Waals surface area (Å²) in [5.74, 6) is 1.57. The number of ether oxygens (including phenoxy) is 1. The monoisotopic (exact) mass is 361 g/mol. The zero-order chi connectivity index (χ0) is 18.1. The van der Waals surface area contributed by atoms with Crippen molar-refractivity contribution in [1.82, 2.24) is 9.97 Å². The Kier molecular flexibility index (Phi) is 4.31.